The molecular weight excluding hydrogens is 409 g/mol. The van der Waals surface area contributed by atoms with Crippen molar-refractivity contribution in [3.8, 4) is 5.69 Å². The lowest BCUT2D eigenvalue weighted by atomic mass is 10.2. The van der Waals surface area contributed by atoms with E-state index in [4.69, 9.17) is 11.6 Å². The molecule has 0 spiro atoms. The van der Waals surface area contributed by atoms with Crippen molar-refractivity contribution >= 4 is 28.5 Å². The molecule has 1 N–H and O–H groups in total. The summed E-state index contributed by atoms with van der Waals surface area (Å²) in [7, 11) is 0. The highest BCUT2D eigenvalue weighted by atomic mass is 35.5. The number of hydrogen-bond acceptors (Lipinski definition) is 4. The van der Waals surface area contributed by atoms with Crippen molar-refractivity contribution in [3.63, 3.8) is 0 Å². The molecule has 0 aliphatic rings. The second-order valence-electron chi connectivity index (χ2n) is 6.67. The zero-order valence-corrected chi connectivity index (χ0v) is 16.5. The molecule has 0 atom stereocenters. The number of carbonyl (C=O) groups is 1. The third-order valence-corrected chi connectivity index (χ3v) is 4.86. The van der Waals surface area contributed by atoms with Gasteiger partial charge in [-0.25, -0.2) is 14.1 Å². The van der Waals surface area contributed by atoms with Gasteiger partial charge >= 0.3 is 0 Å². The number of benzene rings is 2. The molecule has 0 bridgehead atoms. The van der Waals surface area contributed by atoms with Crippen LogP contribution in [0.25, 0.3) is 16.7 Å². The van der Waals surface area contributed by atoms with Crippen LogP contribution >= 0.6 is 11.6 Å². The van der Waals surface area contributed by atoms with Crippen LogP contribution in [0.3, 0.4) is 0 Å². The molecule has 0 fully saturated rings. The van der Waals surface area contributed by atoms with E-state index in [0.29, 0.717) is 28.3 Å². The van der Waals surface area contributed by atoms with Crippen molar-refractivity contribution in [2.24, 2.45) is 0 Å². The lowest BCUT2D eigenvalue weighted by molar-refractivity contribution is -0.121. The Balaban J connectivity index is 1.44. The van der Waals surface area contributed by atoms with Crippen molar-refractivity contribution in [1.82, 2.24) is 24.6 Å². The molecule has 152 valence electrons. The van der Waals surface area contributed by atoms with E-state index in [1.54, 1.807) is 24.3 Å². The Hall–Kier alpha value is -3.52. The third kappa shape index (κ3) is 4.23. The van der Waals surface area contributed by atoms with Crippen LogP contribution in [-0.4, -0.2) is 25.2 Å². The van der Waals surface area contributed by atoms with E-state index in [-0.39, 0.29) is 30.2 Å². The number of amides is 1. The Labute approximate surface area is 175 Å². The number of rotatable bonds is 6. The molecule has 0 saturated heterocycles. The molecule has 1 amide bonds. The fourth-order valence-electron chi connectivity index (χ4n) is 2.99. The molecule has 30 heavy (non-hydrogen) atoms. The minimum absolute atomic E-state index is 0.132. The van der Waals surface area contributed by atoms with Gasteiger partial charge in [-0.05, 0) is 42.0 Å². The molecule has 2 aromatic carbocycles. The lowest BCUT2D eigenvalue weighted by Crippen LogP contribution is -2.27. The van der Waals surface area contributed by atoms with Crippen molar-refractivity contribution < 1.29 is 9.18 Å². The SMILES string of the molecule is O=C(CCn1cnc2c(cnn2-c2ccc(F)cc2)c1=O)NCc1ccc(Cl)cc1. The molecular formula is C21H17ClFN5O2. The average Bonchev–Trinajstić information content (AvgIpc) is 3.18. The molecule has 4 aromatic rings. The Morgan fingerprint density at radius 3 is 2.57 bits per heavy atom. The Kier molecular flexibility index (Phi) is 5.58. The molecule has 9 heteroatoms. The smallest absolute Gasteiger partial charge is 0.264 e. The molecule has 0 aliphatic heterocycles. The van der Waals surface area contributed by atoms with Gasteiger partial charge in [-0.3, -0.25) is 14.2 Å². The first-order valence-electron chi connectivity index (χ1n) is 9.21. The van der Waals surface area contributed by atoms with E-state index in [1.807, 2.05) is 12.1 Å². The van der Waals surface area contributed by atoms with Gasteiger partial charge in [-0.1, -0.05) is 23.7 Å². The molecule has 2 heterocycles. The van der Waals surface area contributed by atoms with Gasteiger partial charge in [0, 0.05) is 24.5 Å². The molecule has 0 unspecified atom stereocenters. The summed E-state index contributed by atoms with van der Waals surface area (Å²) in [5.74, 6) is -0.543. The summed E-state index contributed by atoms with van der Waals surface area (Å²) in [6.07, 6.45) is 2.94. The fourth-order valence-corrected chi connectivity index (χ4v) is 3.12. The second kappa shape index (κ2) is 8.46. The van der Waals surface area contributed by atoms with Crippen LogP contribution in [0.5, 0.6) is 0 Å². The number of fused-ring (bicyclic) bond motifs is 1. The van der Waals surface area contributed by atoms with Gasteiger partial charge in [0.05, 0.1) is 18.2 Å². The van der Waals surface area contributed by atoms with Crippen LogP contribution in [0.15, 0.2) is 65.8 Å². The number of halogens is 2. The van der Waals surface area contributed by atoms with Gasteiger partial charge in [-0.2, -0.15) is 5.10 Å². The summed E-state index contributed by atoms with van der Waals surface area (Å²) in [5, 5.41) is 7.96. The van der Waals surface area contributed by atoms with Gasteiger partial charge in [-0.15, -0.1) is 0 Å². The third-order valence-electron chi connectivity index (χ3n) is 4.61. The van der Waals surface area contributed by atoms with Gasteiger partial charge < -0.3 is 5.32 Å². The summed E-state index contributed by atoms with van der Waals surface area (Å²) in [5.41, 5.74) is 1.60. The highest BCUT2D eigenvalue weighted by Crippen LogP contribution is 2.14. The van der Waals surface area contributed by atoms with Crippen molar-refractivity contribution in [1.29, 1.82) is 0 Å². The van der Waals surface area contributed by atoms with E-state index in [1.165, 1.54) is 33.9 Å². The number of hydrogen-bond donors (Lipinski definition) is 1. The summed E-state index contributed by atoms with van der Waals surface area (Å²) in [6, 6.07) is 12.9. The standard InChI is InChI=1S/C21H17ClFN5O2/c22-15-3-1-14(2-4-15)11-24-19(29)9-10-27-13-25-20-18(21(27)30)12-26-28(20)17-7-5-16(23)6-8-17/h1-8,12-13H,9-11H2,(H,24,29). The Bertz CT molecular complexity index is 1250. The van der Waals surface area contributed by atoms with E-state index < -0.39 is 0 Å². The van der Waals surface area contributed by atoms with Crippen molar-refractivity contribution in [3.05, 3.63) is 87.8 Å². The average molecular weight is 426 g/mol. The van der Waals surface area contributed by atoms with Gasteiger partial charge in [0.2, 0.25) is 5.91 Å². The topological polar surface area (TPSA) is 81.8 Å². The normalized spacial score (nSPS) is 11.0. The molecule has 2 aromatic heterocycles. The lowest BCUT2D eigenvalue weighted by Gasteiger charge is -2.08. The van der Waals surface area contributed by atoms with E-state index in [0.717, 1.165) is 5.56 Å². The monoisotopic (exact) mass is 425 g/mol. The highest BCUT2D eigenvalue weighted by molar-refractivity contribution is 6.30. The van der Waals surface area contributed by atoms with Crippen molar-refractivity contribution in [2.75, 3.05) is 0 Å². The summed E-state index contributed by atoms with van der Waals surface area (Å²) < 4.78 is 16.0. The number of nitrogens with zero attached hydrogens (tertiary/aromatic N) is 4. The maximum absolute atomic E-state index is 13.1. The molecule has 7 nitrogen and oxygen atoms in total. The first-order chi connectivity index (χ1) is 14.5. The number of carbonyl (C=O) groups excluding carboxylic acids is 1. The molecule has 0 radical (unpaired) electrons. The van der Waals surface area contributed by atoms with Gasteiger partial charge in [0.1, 0.15) is 11.2 Å². The predicted molar refractivity (Wildman–Crippen MR) is 111 cm³/mol. The zero-order valence-electron chi connectivity index (χ0n) is 15.8. The van der Waals surface area contributed by atoms with E-state index in [2.05, 4.69) is 15.4 Å². The van der Waals surface area contributed by atoms with Crippen LogP contribution in [0.1, 0.15) is 12.0 Å². The largest absolute Gasteiger partial charge is 0.352 e. The fraction of sp³-hybridized carbons (Fsp3) is 0.143. The highest BCUT2D eigenvalue weighted by Gasteiger charge is 2.12. The van der Waals surface area contributed by atoms with Crippen LogP contribution in [0.4, 0.5) is 4.39 Å². The van der Waals surface area contributed by atoms with Crippen LogP contribution in [0.2, 0.25) is 5.02 Å². The first kappa shape index (κ1) is 19.8. The van der Waals surface area contributed by atoms with Gasteiger partial charge in [0.15, 0.2) is 5.65 Å². The zero-order chi connectivity index (χ0) is 21.1. The first-order valence-corrected chi connectivity index (χ1v) is 9.59. The maximum atomic E-state index is 13.1. The van der Waals surface area contributed by atoms with Gasteiger partial charge in [0.25, 0.3) is 5.56 Å². The molecule has 4 rings (SSSR count). The Morgan fingerprint density at radius 2 is 1.83 bits per heavy atom. The maximum Gasteiger partial charge on any atom is 0.264 e. The van der Waals surface area contributed by atoms with E-state index in [9.17, 15) is 14.0 Å². The molecule has 0 aliphatic carbocycles. The number of aromatic nitrogens is 4. The second-order valence-corrected chi connectivity index (χ2v) is 7.10. The predicted octanol–water partition coefficient (Wildman–Crippen LogP) is 3.08. The van der Waals surface area contributed by atoms with Crippen LogP contribution in [0, 0.1) is 5.82 Å². The summed E-state index contributed by atoms with van der Waals surface area (Å²) >= 11 is 5.84. The Morgan fingerprint density at radius 1 is 1.10 bits per heavy atom. The van der Waals surface area contributed by atoms with E-state index >= 15 is 0 Å². The number of nitrogens with one attached hydrogen (secondary N) is 1. The molecule has 0 saturated carbocycles. The van der Waals surface area contributed by atoms with Crippen LogP contribution in [-0.2, 0) is 17.9 Å². The van der Waals surface area contributed by atoms with Crippen LogP contribution < -0.4 is 10.9 Å². The minimum Gasteiger partial charge on any atom is -0.352 e. The van der Waals surface area contributed by atoms with Crippen molar-refractivity contribution in [2.45, 2.75) is 19.5 Å². The quantitative estimate of drug-likeness (QED) is 0.514. The summed E-state index contributed by atoms with van der Waals surface area (Å²) in [6.45, 7) is 0.572. The number of aryl methyl sites for hydroxylation is 1. The summed E-state index contributed by atoms with van der Waals surface area (Å²) in [4.78, 5) is 29.2. The minimum atomic E-state index is -0.361.